The van der Waals surface area contributed by atoms with Crippen molar-refractivity contribution in [1.82, 2.24) is 19.5 Å². The second-order valence-corrected chi connectivity index (χ2v) is 8.66. The number of hydrogen-bond acceptors (Lipinski definition) is 7. The van der Waals surface area contributed by atoms with Gasteiger partial charge in [-0.1, -0.05) is 12.1 Å². The Morgan fingerprint density at radius 2 is 2.19 bits per heavy atom. The minimum Gasteiger partial charge on any atom is -0.389 e. The first kappa shape index (κ1) is 18.2. The van der Waals surface area contributed by atoms with E-state index in [4.69, 9.17) is 11.6 Å². The molecular formula is C16H15ClIN5O2S. The second-order valence-electron chi connectivity index (χ2n) is 5.93. The van der Waals surface area contributed by atoms with E-state index >= 15 is 0 Å². The number of rotatable bonds is 4. The molecule has 1 saturated heterocycles. The van der Waals surface area contributed by atoms with Crippen LogP contribution in [0.3, 0.4) is 0 Å². The highest BCUT2D eigenvalue weighted by atomic mass is 127. The number of aliphatic hydroxyl groups excluding tert-OH is 2. The number of nitrogens with one attached hydrogen (secondary N) is 1. The second kappa shape index (κ2) is 7.47. The van der Waals surface area contributed by atoms with Crippen LogP contribution in [0.15, 0.2) is 30.6 Å². The quantitative estimate of drug-likeness (QED) is 0.372. The number of nitrogens with zero attached hydrogens (tertiary/aromatic N) is 4. The number of hydrogen-bond donors (Lipinski definition) is 3. The summed E-state index contributed by atoms with van der Waals surface area (Å²) >= 11 is 9.83. The summed E-state index contributed by atoms with van der Waals surface area (Å²) in [5.41, 5.74) is 2.22. The molecule has 7 nitrogen and oxygen atoms in total. The highest BCUT2D eigenvalue weighted by Crippen LogP contribution is 2.38. The number of anilines is 1. The van der Waals surface area contributed by atoms with E-state index in [-0.39, 0.29) is 10.7 Å². The number of thioether (sulfide) groups is 1. The van der Waals surface area contributed by atoms with Crippen molar-refractivity contribution >= 4 is 62.9 Å². The fraction of sp³-hybridized carbons (Fsp3) is 0.312. The Bertz CT molecular complexity index is 956. The Hall–Kier alpha value is -1.14. The Morgan fingerprint density at radius 3 is 2.92 bits per heavy atom. The molecule has 1 aliphatic rings. The van der Waals surface area contributed by atoms with Crippen LogP contribution < -0.4 is 5.32 Å². The van der Waals surface area contributed by atoms with Crippen LogP contribution in [-0.2, 0) is 6.54 Å². The van der Waals surface area contributed by atoms with Crippen LogP contribution >= 0.6 is 46.0 Å². The number of aromatic nitrogens is 4. The van der Waals surface area contributed by atoms with Gasteiger partial charge < -0.3 is 15.5 Å². The van der Waals surface area contributed by atoms with Gasteiger partial charge in [0.15, 0.2) is 17.0 Å². The standard InChI is InChI=1S/C16H15ClIN5O2S/c17-16-21-13(19-5-8-2-1-3-9(18)4-8)11-14(22-16)23(7-20-11)15-12(25)10(24)6-26-15/h1-4,7,10,12,15,24-25H,5-6H2,(H,19,21,22)/t10-,12-,15-/m0/s1. The summed E-state index contributed by atoms with van der Waals surface area (Å²) in [5.74, 6) is 0.998. The molecule has 0 bridgehead atoms. The predicted octanol–water partition coefficient (Wildman–Crippen LogP) is 2.66. The van der Waals surface area contributed by atoms with Gasteiger partial charge in [-0.15, -0.1) is 11.8 Å². The van der Waals surface area contributed by atoms with Gasteiger partial charge in [0.25, 0.3) is 0 Å². The van der Waals surface area contributed by atoms with Crippen LogP contribution in [-0.4, -0.2) is 47.7 Å². The van der Waals surface area contributed by atoms with Crippen LogP contribution in [0.1, 0.15) is 10.9 Å². The number of fused-ring (bicyclic) bond motifs is 1. The van der Waals surface area contributed by atoms with Crippen molar-refractivity contribution in [3.63, 3.8) is 0 Å². The molecule has 0 spiro atoms. The first-order chi connectivity index (χ1) is 12.5. The zero-order valence-corrected chi connectivity index (χ0v) is 17.1. The van der Waals surface area contributed by atoms with E-state index in [0.29, 0.717) is 29.3 Å². The van der Waals surface area contributed by atoms with Crippen molar-refractivity contribution in [3.05, 3.63) is 45.0 Å². The van der Waals surface area contributed by atoms with Gasteiger partial charge in [0.1, 0.15) is 11.5 Å². The Kier molecular flexibility index (Phi) is 5.24. The summed E-state index contributed by atoms with van der Waals surface area (Å²) in [6.07, 6.45) is -0.0440. The average molecular weight is 504 g/mol. The lowest BCUT2D eigenvalue weighted by atomic mass is 10.2. The molecule has 2 aromatic heterocycles. The van der Waals surface area contributed by atoms with Crippen LogP contribution in [0.2, 0.25) is 5.28 Å². The van der Waals surface area contributed by atoms with Gasteiger partial charge in [0.2, 0.25) is 5.28 Å². The molecule has 4 rings (SSSR count). The minimum absolute atomic E-state index is 0.0995. The van der Waals surface area contributed by atoms with Gasteiger partial charge in [-0.2, -0.15) is 9.97 Å². The van der Waals surface area contributed by atoms with Gasteiger partial charge in [0.05, 0.1) is 12.4 Å². The molecule has 1 fully saturated rings. The van der Waals surface area contributed by atoms with Crippen molar-refractivity contribution in [3.8, 4) is 0 Å². The maximum absolute atomic E-state index is 10.2. The van der Waals surface area contributed by atoms with Gasteiger partial charge in [0, 0.05) is 15.9 Å². The molecule has 0 saturated carbocycles. The van der Waals surface area contributed by atoms with Crippen molar-refractivity contribution in [2.24, 2.45) is 0 Å². The van der Waals surface area contributed by atoms with Gasteiger partial charge in [-0.05, 0) is 51.9 Å². The highest BCUT2D eigenvalue weighted by molar-refractivity contribution is 14.1. The number of benzene rings is 1. The van der Waals surface area contributed by atoms with Crippen LogP contribution in [0.4, 0.5) is 5.82 Å². The molecule has 3 N–H and O–H groups in total. The van der Waals surface area contributed by atoms with E-state index in [1.807, 2.05) is 18.2 Å². The highest BCUT2D eigenvalue weighted by Gasteiger charge is 2.36. The molecule has 0 unspecified atom stereocenters. The number of aliphatic hydroxyl groups is 2. The molecule has 1 aliphatic heterocycles. The lowest BCUT2D eigenvalue weighted by molar-refractivity contribution is 0.0313. The molecule has 1 aromatic carbocycles. The summed E-state index contributed by atoms with van der Waals surface area (Å²) < 4.78 is 2.90. The molecular weight excluding hydrogens is 489 g/mol. The van der Waals surface area contributed by atoms with Gasteiger partial charge >= 0.3 is 0 Å². The Labute approximate surface area is 172 Å². The fourth-order valence-corrected chi connectivity index (χ4v) is 4.92. The fourth-order valence-electron chi connectivity index (χ4n) is 2.86. The van der Waals surface area contributed by atoms with Crippen molar-refractivity contribution < 1.29 is 10.2 Å². The summed E-state index contributed by atoms with van der Waals surface area (Å²) in [7, 11) is 0. The van der Waals surface area contributed by atoms with E-state index in [1.54, 1.807) is 10.9 Å². The molecule has 3 aromatic rings. The average Bonchev–Trinajstić information content (AvgIpc) is 3.17. The molecule has 3 atom stereocenters. The summed E-state index contributed by atoms with van der Waals surface area (Å²) in [4.78, 5) is 12.9. The zero-order valence-electron chi connectivity index (χ0n) is 13.4. The number of imidazole rings is 1. The van der Waals surface area contributed by atoms with E-state index in [9.17, 15) is 10.2 Å². The first-order valence-corrected chi connectivity index (χ1v) is 10.4. The molecule has 0 amide bonds. The third-order valence-electron chi connectivity index (χ3n) is 4.14. The largest absolute Gasteiger partial charge is 0.389 e. The molecule has 0 radical (unpaired) electrons. The summed E-state index contributed by atoms with van der Waals surface area (Å²) in [6.45, 7) is 0.575. The Balaban J connectivity index is 1.66. The lowest BCUT2D eigenvalue weighted by Crippen LogP contribution is -2.27. The van der Waals surface area contributed by atoms with Gasteiger partial charge in [-0.25, -0.2) is 4.98 Å². The predicted molar refractivity (Wildman–Crippen MR) is 110 cm³/mol. The van der Waals surface area contributed by atoms with Crippen LogP contribution in [0, 0.1) is 3.57 Å². The third-order valence-corrected chi connectivity index (χ3v) is 6.36. The maximum Gasteiger partial charge on any atom is 0.226 e. The molecule has 10 heteroatoms. The van der Waals surface area contributed by atoms with Crippen molar-refractivity contribution in [1.29, 1.82) is 0 Å². The number of halogens is 2. The van der Waals surface area contributed by atoms with E-state index in [1.165, 1.54) is 11.8 Å². The van der Waals surface area contributed by atoms with Crippen molar-refractivity contribution in [2.75, 3.05) is 11.1 Å². The monoisotopic (exact) mass is 503 g/mol. The molecule has 136 valence electrons. The summed E-state index contributed by atoms with van der Waals surface area (Å²) in [5, 5.41) is 23.0. The first-order valence-electron chi connectivity index (χ1n) is 7.89. The van der Waals surface area contributed by atoms with E-state index < -0.39 is 12.2 Å². The SMILES string of the molecule is O[C@H]1[C@@H](O)CS[C@@H]1n1cnc2c(NCc3cccc(I)c3)nc(Cl)nc21. The maximum atomic E-state index is 10.2. The van der Waals surface area contributed by atoms with E-state index in [2.05, 4.69) is 48.9 Å². The third kappa shape index (κ3) is 3.50. The van der Waals surface area contributed by atoms with Crippen LogP contribution in [0.25, 0.3) is 11.2 Å². The smallest absolute Gasteiger partial charge is 0.226 e. The normalized spacial score (nSPS) is 22.8. The molecule has 0 aliphatic carbocycles. The molecule has 3 heterocycles. The topological polar surface area (TPSA) is 96.1 Å². The summed E-state index contributed by atoms with van der Waals surface area (Å²) in [6, 6.07) is 8.14. The Morgan fingerprint density at radius 1 is 1.35 bits per heavy atom. The minimum atomic E-state index is -0.881. The molecule has 26 heavy (non-hydrogen) atoms. The van der Waals surface area contributed by atoms with E-state index in [0.717, 1.165) is 9.13 Å². The van der Waals surface area contributed by atoms with Gasteiger partial charge in [-0.3, -0.25) is 4.57 Å². The van der Waals surface area contributed by atoms with Crippen molar-refractivity contribution in [2.45, 2.75) is 24.1 Å². The van der Waals surface area contributed by atoms with Crippen LogP contribution in [0.5, 0.6) is 0 Å². The lowest BCUT2D eigenvalue weighted by Gasteiger charge is -2.17. The zero-order chi connectivity index (χ0) is 18.3.